The molecule has 2 aliphatic heterocycles. The number of rotatable bonds is 5. The average Bonchev–Trinajstić information content (AvgIpc) is 3.20. The Bertz CT molecular complexity index is 1490. The highest BCUT2D eigenvalue weighted by Gasteiger charge is 2.61. The van der Waals surface area contributed by atoms with Gasteiger partial charge >= 0.3 is 11.6 Å². The van der Waals surface area contributed by atoms with Gasteiger partial charge in [-0.25, -0.2) is 9.59 Å². The fraction of sp³-hybridized carbons (Fsp3) is 0.269. The zero-order chi connectivity index (χ0) is 25.6. The first-order valence-electron chi connectivity index (χ1n) is 11.5. The molecule has 36 heavy (non-hydrogen) atoms. The molecule has 10 heteroatoms. The summed E-state index contributed by atoms with van der Waals surface area (Å²) in [6, 6.07) is 12.7. The van der Waals surface area contributed by atoms with Gasteiger partial charge in [-0.3, -0.25) is 19.3 Å². The van der Waals surface area contributed by atoms with Crippen LogP contribution in [0.4, 0.5) is 11.4 Å². The van der Waals surface area contributed by atoms with Crippen molar-refractivity contribution in [2.24, 2.45) is 0 Å². The summed E-state index contributed by atoms with van der Waals surface area (Å²) in [6.07, 6.45) is 0.174. The number of nitrogens with zero attached hydrogens (tertiary/aromatic N) is 2. The second-order valence-electron chi connectivity index (χ2n) is 8.67. The molecule has 3 amide bonds. The number of carbonyl (C=O) groups excluding carboxylic acids is 4. The predicted octanol–water partition coefficient (Wildman–Crippen LogP) is 2.79. The van der Waals surface area contributed by atoms with Gasteiger partial charge in [0, 0.05) is 55.1 Å². The predicted molar refractivity (Wildman–Crippen MR) is 129 cm³/mol. The number of fused-ring (bicyclic) bond motifs is 4. The van der Waals surface area contributed by atoms with Crippen molar-refractivity contribution in [1.82, 2.24) is 4.90 Å². The number of anilines is 2. The van der Waals surface area contributed by atoms with Gasteiger partial charge in [-0.15, -0.1) is 0 Å². The Hall–Kier alpha value is -4.47. The van der Waals surface area contributed by atoms with Crippen molar-refractivity contribution in [2.75, 3.05) is 16.8 Å². The molecule has 3 heterocycles. The SMILES string of the molecule is CCN1C(=O)c2ccccc2N2C(=O)CCC12C(=O)OCc1cc(=O)oc2cc(NC(C)=O)ccc12. The normalized spacial score (nSPS) is 18.7. The molecule has 1 unspecified atom stereocenters. The number of esters is 1. The molecule has 0 aliphatic carbocycles. The molecule has 1 N–H and O–H groups in total. The minimum absolute atomic E-state index is 0.0804. The van der Waals surface area contributed by atoms with Crippen LogP contribution in [0.2, 0.25) is 0 Å². The summed E-state index contributed by atoms with van der Waals surface area (Å²) < 4.78 is 11.0. The number of hydrogen-bond donors (Lipinski definition) is 1. The number of carbonyl (C=O) groups is 4. The quantitative estimate of drug-likeness (QED) is 0.431. The van der Waals surface area contributed by atoms with Crippen LogP contribution in [-0.4, -0.2) is 40.8 Å². The van der Waals surface area contributed by atoms with Crippen molar-refractivity contribution in [3.05, 3.63) is 70.1 Å². The Morgan fingerprint density at radius 3 is 2.64 bits per heavy atom. The first-order chi connectivity index (χ1) is 17.3. The molecule has 0 radical (unpaired) electrons. The number of para-hydroxylation sites is 1. The van der Waals surface area contributed by atoms with Crippen molar-refractivity contribution in [1.29, 1.82) is 0 Å². The lowest BCUT2D eigenvalue weighted by molar-refractivity contribution is -0.158. The second kappa shape index (κ2) is 8.63. The number of nitrogens with one attached hydrogen (secondary N) is 1. The van der Waals surface area contributed by atoms with E-state index in [-0.39, 0.29) is 49.3 Å². The molecule has 2 aromatic carbocycles. The summed E-state index contributed by atoms with van der Waals surface area (Å²) in [6.45, 7) is 3.01. The van der Waals surface area contributed by atoms with Gasteiger partial charge in [0.25, 0.3) is 5.91 Å². The Kier molecular flexibility index (Phi) is 5.58. The summed E-state index contributed by atoms with van der Waals surface area (Å²) in [7, 11) is 0. The van der Waals surface area contributed by atoms with Crippen molar-refractivity contribution < 1.29 is 28.3 Å². The van der Waals surface area contributed by atoms with Gasteiger partial charge in [0.1, 0.15) is 12.2 Å². The fourth-order valence-corrected chi connectivity index (χ4v) is 5.06. The highest BCUT2D eigenvalue weighted by molar-refractivity contribution is 6.15. The van der Waals surface area contributed by atoms with E-state index in [2.05, 4.69) is 5.32 Å². The molecule has 0 spiro atoms. The third-order valence-electron chi connectivity index (χ3n) is 6.53. The van der Waals surface area contributed by atoms with Crippen LogP contribution >= 0.6 is 0 Å². The molecule has 184 valence electrons. The molecule has 1 saturated heterocycles. The highest BCUT2D eigenvalue weighted by Crippen LogP contribution is 2.45. The third-order valence-corrected chi connectivity index (χ3v) is 6.53. The van der Waals surface area contributed by atoms with Gasteiger partial charge < -0.3 is 19.4 Å². The van der Waals surface area contributed by atoms with Gasteiger partial charge in [-0.1, -0.05) is 12.1 Å². The topological polar surface area (TPSA) is 126 Å². The lowest BCUT2D eigenvalue weighted by Crippen LogP contribution is -2.68. The van der Waals surface area contributed by atoms with E-state index in [0.29, 0.717) is 27.9 Å². The highest BCUT2D eigenvalue weighted by atomic mass is 16.5. The first kappa shape index (κ1) is 23.3. The number of amides is 3. The Balaban J connectivity index is 1.50. The van der Waals surface area contributed by atoms with E-state index in [0.717, 1.165) is 0 Å². The Labute approximate surface area is 205 Å². The molecule has 10 nitrogen and oxygen atoms in total. The zero-order valence-corrected chi connectivity index (χ0v) is 19.7. The van der Waals surface area contributed by atoms with Crippen molar-refractivity contribution in [3.63, 3.8) is 0 Å². The van der Waals surface area contributed by atoms with Gasteiger partial charge in [0.15, 0.2) is 0 Å². The first-order valence-corrected chi connectivity index (χ1v) is 11.5. The minimum Gasteiger partial charge on any atom is -0.458 e. The van der Waals surface area contributed by atoms with E-state index < -0.39 is 17.3 Å². The maximum Gasteiger partial charge on any atom is 0.354 e. The maximum absolute atomic E-state index is 13.7. The largest absolute Gasteiger partial charge is 0.458 e. The monoisotopic (exact) mass is 489 g/mol. The van der Waals surface area contributed by atoms with Gasteiger partial charge in [0.2, 0.25) is 17.5 Å². The van der Waals surface area contributed by atoms with Gasteiger partial charge in [-0.2, -0.15) is 0 Å². The zero-order valence-electron chi connectivity index (χ0n) is 19.7. The average molecular weight is 489 g/mol. The van der Waals surface area contributed by atoms with Crippen LogP contribution < -0.4 is 15.8 Å². The smallest absolute Gasteiger partial charge is 0.354 e. The van der Waals surface area contributed by atoms with Crippen molar-refractivity contribution in [2.45, 2.75) is 39.0 Å². The molecular weight excluding hydrogens is 466 g/mol. The van der Waals surface area contributed by atoms with Gasteiger partial charge in [-0.05, 0) is 31.2 Å². The molecule has 1 atom stereocenters. The molecule has 1 fully saturated rings. The van der Waals surface area contributed by atoms with Crippen molar-refractivity contribution in [3.8, 4) is 0 Å². The Morgan fingerprint density at radius 2 is 1.89 bits per heavy atom. The van der Waals surface area contributed by atoms with E-state index in [9.17, 15) is 24.0 Å². The van der Waals surface area contributed by atoms with E-state index in [1.807, 2.05) is 0 Å². The van der Waals surface area contributed by atoms with E-state index in [1.54, 1.807) is 43.3 Å². The molecular formula is C26H23N3O7. The van der Waals surface area contributed by atoms with Crippen LogP contribution in [0.25, 0.3) is 11.0 Å². The molecule has 1 aromatic heterocycles. The number of ether oxygens (including phenoxy) is 1. The van der Waals surface area contributed by atoms with Crippen LogP contribution in [-0.2, 0) is 25.7 Å². The number of likely N-dealkylation sites (N-methyl/N-ethyl adjacent to an activating group) is 1. The van der Waals surface area contributed by atoms with Crippen LogP contribution in [0, 0.1) is 0 Å². The lowest BCUT2D eigenvalue weighted by atomic mass is 9.96. The molecule has 3 aromatic rings. The summed E-state index contributed by atoms with van der Waals surface area (Å²) in [5.41, 5.74) is -0.479. The molecule has 0 bridgehead atoms. The van der Waals surface area contributed by atoms with Crippen LogP contribution in [0.15, 0.2) is 57.7 Å². The van der Waals surface area contributed by atoms with Crippen molar-refractivity contribution >= 4 is 46.0 Å². The van der Waals surface area contributed by atoms with E-state index >= 15 is 0 Å². The minimum atomic E-state index is -1.61. The van der Waals surface area contributed by atoms with Crippen LogP contribution in [0.3, 0.4) is 0 Å². The summed E-state index contributed by atoms with van der Waals surface area (Å²) >= 11 is 0. The summed E-state index contributed by atoms with van der Waals surface area (Å²) in [5, 5.41) is 3.14. The second-order valence-corrected chi connectivity index (χ2v) is 8.67. The molecule has 5 rings (SSSR count). The molecule has 2 aliphatic rings. The lowest BCUT2D eigenvalue weighted by Gasteiger charge is -2.48. The van der Waals surface area contributed by atoms with Crippen LogP contribution in [0.5, 0.6) is 0 Å². The summed E-state index contributed by atoms with van der Waals surface area (Å²) in [5.74, 6) is -1.66. The van der Waals surface area contributed by atoms with E-state index in [4.69, 9.17) is 9.15 Å². The van der Waals surface area contributed by atoms with Gasteiger partial charge in [0.05, 0.1) is 11.3 Å². The maximum atomic E-state index is 13.7. The number of hydrogen-bond acceptors (Lipinski definition) is 7. The standard InChI is InChI=1S/C26H23N3O7/c1-3-28-24(33)19-6-4-5-7-20(19)29-22(31)10-11-26(28,29)25(34)35-14-16-12-23(32)36-21-13-17(27-15(2)30)8-9-18(16)21/h4-9,12-13H,3,10-11,14H2,1-2H3,(H,27,30). The van der Waals surface area contributed by atoms with E-state index in [1.165, 1.54) is 28.9 Å². The fourth-order valence-electron chi connectivity index (χ4n) is 5.06. The number of benzene rings is 2. The van der Waals surface area contributed by atoms with Crippen LogP contribution in [0.1, 0.15) is 42.6 Å². The summed E-state index contributed by atoms with van der Waals surface area (Å²) in [4.78, 5) is 66.2. The molecule has 0 saturated carbocycles. The third kappa shape index (κ3) is 3.53. The Morgan fingerprint density at radius 1 is 1.11 bits per heavy atom.